The first kappa shape index (κ1) is 15.8. The average Bonchev–Trinajstić information content (AvgIpc) is 2.66. The van der Waals surface area contributed by atoms with Gasteiger partial charge in [-0.1, -0.05) is 42.6 Å². The summed E-state index contributed by atoms with van der Waals surface area (Å²) in [5, 5.41) is 4.02. The molecule has 114 valence electrons. The Bertz CT molecular complexity index is 376. The molecule has 0 aromatic heterocycles. The Kier molecular flexibility index (Phi) is 5.10. The molecule has 4 nitrogen and oxygen atoms in total. The molecule has 1 N–H and O–H groups in total. The number of rotatable bonds is 5. The Labute approximate surface area is 129 Å². The summed E-state index contributed by atoms with van der Waals surface area (Å²) in [6.07, 6.45) is 6.21. The van der Waals surface area contributed by atoms with Crippen LogP contribution in [0.1, 0.15) is 52.4 Å². The maximum Gasteiger partial charge on any atom is 0.325 e. The third-order valence-corrected chi connectivity index (χ3v) is 5.56. The molecule has 1 aliphatic heterocycles. The molecule has 1 saturated heterocycles. The molecule has 0 aromatic carbocycles. The SMILES string of the molecule is CC1CCCC(C)C12NC(=O)N(CCCCCBr)C2=O. The van der Waals surface area contributed by atoms with Crippen LogP contribution in [0.4, 0.5) is 4.79 Å². The van der Waals surface area contributed by atoms with Gasteiger partial charge in [0.15, 0.2) is 0 Å². The molecule has 1 aliphatic carbocycles. The fraction of sp³-hybridized carbons (Fsp3) is 0.867. The first-order valence-electron chi connectivity index (χ1n) is 7.74. The molecule has 1 spiro atoms. The van der Waals surface area contributed by atoms with Gasteiger partial charge < -0.3 is 5.32 Å². The Morgan fingerprint density at radius 1 is 1.20 bits per heavy atom. The lowest BCUT2D eigenvalue weighted by Gasteiger charge is -2.42. The van der Waals surface area contributed by atoms with Crippen molar-refractivity contribution in [3.63, 3.8) is 0 Å². The van der Waals surface area contributed by atoms with Gasteiger partial charge in [-0.05, 0) is 37.5 Å². The largest absolute Gasteiger partial charge is 0.325 e. The van der Waals surface area contributed by atoms with E-state index in [4.69, 9.17) is 0 Å². The summed E-state index contributed by atoms with van der Waals surface area (Å²) >= 11 is 3.40. The van der Waals surface area contributed by atoms with E-state index >= 15 is 0 Å². The predicted octanol–water partition coefficient (Wildman–Crippen LogP) is 3.30. The Hall–Kier alpha value is -0.580. The number of amides is 3. The van der Waals surface area contributed by atoms with Crippen LogP contribution >= 0.6 is 15.9 Å². The number of unbranched alkanes of at least 4 members (excludes halogenated alkanes) is 2. The predicted molar refractivity (Wildman–Crippen MR) is 82.8 cm³/mol. The fourth-order valence-electron chi connectivity index (χ4n) is 3.70. The van der Waals surface area contributed by atoms with Crippen LogP contribution in [0, 0.1) is 11.8 Å². The van der Waals surface area contributed by atoms with Gasteiger partial charge in [0.2, 0.25) is 0 Å². The molecule has 3 amide bonds. The van der Waals surface area contributed by atoms with Crippen molar-refractivity contribution in [2.75, 3.05) is 11.9 Å². The third kappa shape index (κ3) is 2.61. The van der Waals surface area contributed by atoms with Crippen molar-refractivity contribution < 1.29 is 9.59 Å². The Morgan fingerprint density at radius 3 is 2.45 bits per heavy atom. The number of halogens is 1. The molecule has 2 fully saturated rings. The summed E-state index contributed by atoms with van der Waals surface area (Å²) in [6.45, 7) is 4.75. The number of nitrogens with zero attached hydrogens (tertiary/aromatic N) is 1. The van der Waals surface area contributed by atoms with E-state index in [0.717, 1.165) is 43.9 Å². The maximum atomic E-state index is 12.8. The maximum absolute atomic E-state index is 12.8. The Balaban J connectivity index is 2.07. The first-order chi connectivity index (χ1) is 9.54. The second-order valence-corrected chi connectivity index (χ2v) is 7.03. The third-order valence-electron chi connectivity index (χ3n) is 5.00. The minimum atomic E-state index is -0.634. The van der Waals surface area contributed by atoms with Crippen LogP contribution in [-0.2, 0) is 4.79 Å². The molecule has 2 unspecified atom stereocenters. The molecule has 2 rings (SSSR count). The number of carbonyl (C=O) groups is 2. The van der Waals surface area contributed by atoms with Crippen LogP contribution in [0.5, 0.6) is 0 Å². The number of nitrogens with one attached hydrogen (secondary N) is 1. The highest BCUT2D eigenvalue weighted by Gasteiger charge is 2.57. The van der Waals surface area contributed by atoms with Gasteiger partial charge in [0, 0.05) is 11.9 Å². The summed E-state index contributed by atoms with van der Waals surface area (Å²) in [6, 6.07) is -0.186. The van der Waals surface area contributed by atoms with Gasteiger partial charge in [-0.2, -0.15) is 0 Å². The van der Waals surface area contributed by atoms with Crippen LogP contribution < -0.4 is 5.32 Å². The van der Waals surface area contributed by atoms with Gasteiger partial charge in [-0.3, -0.25) is 9.69 Å². The van der Waals surface area contributed by atoms with Crippen LogP contribution in [0.15, 0.2) is 0 Å². The minimum absolute atomic E-state index is 0.0149. The second-order valence-electron chi connectivity index (χ2n) is 6.24. The van der Waals surface area contributed by atoms with Crippen molar-refractivity contribution >= 4 is 27.9 Å². The summed E-state index contributed by atoms with van der Waals surface area (Å²) in [5.74, 6) is 0.478. The highest BCUT2D eigenvalue weighted by atomic mass is 79.9. The quantitative estimate of drug-likeness (QED) is 0.472. The molecule has 0 bridgehead atoms. The first-order valence-corrected chi connectivity index (χ1v) is 8.86. The van der Waals surface area contributed by atoms with Gasteiger partial charge in [-0.25, -0.2) is 4.79 Å². The summed E-state index contributed by atoms with van der Waals surface area (Å²) in [4.78, 5) is 26.5. The number of imide groups is 1. The smallest absolute Gasteiger partial charge is 0.323 e. The number of hydrogen-bond acceptors (Lipinski definition) is 2. The molecule has 0 radical (unpaired) electrons. The fourth-order valence-corrected chi connectivity index (χ4v) is 4.09. The number of hydrogen-bond donors (Lipinski definition) is 1. The van der Waals surface area contributed by atoms with Crippen LogP contribution in [-0.4, -0.2) is 34.3 Å². The van der Waals surface area contributed by atoms with E-state index in [2.05, 4.69) is 35.1 Å². The van der Waals surface area contributed by atoms with Crippen LogP contribution in [0.3, 0.4) is 0 Å². The molecule has 0 aromatic rings. The van der Waals surface area contributed by atoms with E-state index in [-0.39, 0.29) is 23.8 Å². The summed E-state index contributed by atoms with van der Waals surface area (Å²) in [5.41, 5.74) is -0.634. The van der Waals surface area contributed by atoms with E-state index in [9.17, 15) is 9.59 Å². The topological polar surface area (TPSA) is 49.4 Å². The van der Waals surface area contributed by atoms with Crippen molar-refractivity contribution in [1.29, 1.82) is 0 Å². The highest BCUT2D eigenvalue weighted by molar-refractivity contribution is 9.09. The van der Waals surface area contributed by atoms with E-state index < -0.39 is 5.54 Å². The molecule has 2 atom stereocenters. The van der Waals surface area contributed by atoms with Crippen molar-refractivity contribution in [3.8, 4) is 0 Å². The number of alkyl halides is 1. The summed E-state index contributed by atoms with van der Waals surface area (Å²) < 4.78 is 0. The van der Waals surface area contributed by atoms with E-state index in [1.165, 1.54) is 4.90 Å². The van der Waals surface area contributed by atoms with Gasteiger partial charge in [-0.15, -0.1) is 0 Å². The molecular weight excluding hydrogens is 320 g/mol. The zero-order chi connectivity index (χ0) is 14.8. The lowest BCUT2D eigenvalue weighted by molar-refractivity contribution is -0.136. The van der Waals surface area contributed by atoms with Crippen molar-refractivity contribution in [2.24, 2.45) is 11.8 Å². The van der Waals surface area contributed by atoms with Crippen molar-refractivity contribution in [3.05, 3.63) is 0 Å². The Morgan fingerprint density at radius 2 is 1.85 bits per heavy atom. The van der Waals surface area contributed by atoms with Gasteiger partial charge >= 0.3 is 6.03 Å². The van der Waals surface area contributed by atoms with Crippen molar-refractivity contribution in [1.82, 2.24) is 10.2 Å². The van der Waals surface area contributed by atoms with Crippen molar-refractivity contribution in [2.45, 2.75) is 57.9 Å². The zero-order valence-electron chi connectivity index (χ0n) is 12.5. The van der Waals surface area contributed by atoms with Crippen LogP contribution in [0.25, 0.3) is 0 Å². The van der Waals surface area contributed by atoms with E-state index in [0.29, 0.717) is 6.54 Å². The van der Waals surface area contributed by atoms with Gasteiger partial charge in [0.25, 0.3) is 5.91 Å². The molecule has 5 heteroatoms. The highest BCUT2D eigenvalue weighted by Crippen LogP contribution is 2.42. The normalized spacial score (nSPS) is 33.9. The minimum Gasteiger partial charge on any atom is -0.323 e. The lowest BCUT2D eigenvalue weighted by Crippen LogP contribution is -2.58. The monoisotopic (exact) mass is 344 g/mol. The molecule has 20 heavy (non-hydrogen) atoms. The second kappa shape index (κ2) is 6.46. The molecule has 1 heterocycles. The lowest BCUT2D eigenvalue weighted by atomic mass is 9.67. The molecular formula is C15H25BrN2O2. The summed E-state index contributed by atoms with van der Waals surface area (Å²) in [7, 11) is 0. The zero-order valence-corrected chi connectivity index (χ0v) is 14.0. The number of urea groups is 1. The van der Waals surface area contributed by atoms with Gasteiger partial charge in [0.1, 0.15) is 5.54 Å². The standard InChI is InChI=1S/C15H25BrN2O2/c1-11-7-6-8-12(2)15(11)13(19)18(14(20)17-15)10-5-3-4-9-16/h11-12H,3-10H2,1-2H3,(H,17,20). The van der Waals surface area contributed by atoms with Gasteiger partial charge in [0.05, 0.1) is 0 Å². The van der Waals surface area contributed by atoms with E-state index in [1.807, 2.05) is 0 Å². The molecule has 1 saturated carbocycles. The van der Waals surface area contributed by atoms with Crippen LogP contribution in [0.2, 0.25) is 0 Å². The number of carbonyl (C=O) groups excluding carboxylic acids is 2. The molecule has 2 aliphatic rings. The average molecular weight is 345 g/mol. The van der Waals surface area contributed by atoms with E-state index in [1.54, 1.807) is 0 Å².